The number of rotatable bonds is 7. The lowest BCUT2D eigenvalue weighted by Gasteiger charge is -2.21. The summed E-state index contributed by atoms with van der Waals surface area (Å²) in [5, 5.41) is 5.04. The lowest BCUT2D eigenvalue weighted by molar-refractivity contribution is -0.119. The van der Waals surface area contributed by atoms with E-state index in [2.05, 4.69) is 10.5 Å². The van der Waals surface area contributed by atoms with Crippen LogP contribution in [0.15, 0.2) is 53.6 Å². The van der Waals surface area contributed by atoms with Gasteiger partial charge in [-0.1, -0.05) is 41.4 Å². The molecule has 0 aliphatic rings. The van der Waals surface area contributed by atoms with Gasteiger partial charge < -0.3 is 4.57 Å². The van der Waals surface area contributed by atoms with Crippen LogP contribution in [0.3, 0.4) is 0 Å². The van der Waals surface area contributed by atoms with Crippen LogP contribution < -0.4 is 9.73 Å². The lowest BCUT2D eigenvalue weighted by atomic mass is 10.2. The summed E-state index contributed by atoms with van der Waals surface area (Å²) in [5.41, 5.74) is 6.98. The van der Waals surface area contributed by atoms with E-state index in [4.69, 9.17) is 23.2 Å². The number of anilines is 1. The molecule has 2 aromatic carbocycles. The fourth-order valence-corrected chi connectivity index (χ4v) is 4.64. The van der Waals surface area contributed by atoms with E-state index in [1.54, 1.807) is 19.1 Å². The molecular formula is C23H24Cl2N4O3S. The van der Waals surface area contributed by atoms with Gasteiger partial charge in [-0.3, -0.25) is 9.10 Å². The molecule has 1 amide bonds. The van der Waals surface area contributed by atoms with Crippen LogP contribution in [0.25, 0.3) is 5.69 Å². The Morgan fingerprint density at radius 3 is 2.42 bits per heavy atom. The molecule has 0 bridgehead atoms. The highest BCUT2D eigenvalue weighted by Gasteiger charge is 2.21. The number of sulfonamides is 1. The zero-order chi connectivity index (χ0) is 24.3. The zero-order valence-corrected chi connectivity index (χ0v) is 21.0. The van der Waals surface area contributed by atoms with Crippen LogP contribution in [0, 0.1) is 20.8 Å². The molecule has 33 heavy (non-hydrogen) atoms. The average molecular weight is 507 g/mol. The van der Waals surface area contributed by atoms with Gasteiger partial charge in [-0.25, -0.2) is 13.8 Å². The van der Waals surface area contributed by atoms with Gasteiger partial charge >= 0.3 is 0 Å². The molecule has 10 heteroatoms. The number of hydrogen-bond acceptors (Lipinski definition) is 4. The molecule has 1 N–H and O–H groups in total. The molecule has 0 aliphatic carbocycles. The Labute approximate surface area is 203 Å². The number of aryl methyl sites for hydroxylation is 2. The van der Waals surface area contributed by atoms with Crippen molar-refractivity contribution in [3.05, 3.63) is 81.1 Å². The van der Waals surface area contributed by atoms with Crippen molar-refractivity contribution in [2.75, 3.05) is 17.1 Å². The number of hydrazone groups is 1. The number of para-hydroxylation sites is 1. The fourth-order valence-electron chi connectivity index (χ4n) is 3.40. The van der Waals surface area contributed by atoms with Crippen LogP contribution in [-0.4, -0.2) is 37.9 Å². The average Bonchev–Trinajstić information content (AvgIpc) is 3.01. The van der Waals surface area contributed by atoms with Crippen molar-refractivity contribution in [2.24, 2.45) is 5.10 Å². The third-order valence-corrected chi connectivity index (χ3v) is 6.95. The number of nitrogens with zero attached hydrogens (tertiary/aromatic N) is 3. The van der Waals surface area contributed by atoms with Crippen molar-refractivity contribution < 1.29 is 13.2 Å². The van der Waals surface area contributed by atoms with Gasteiger partial charge in [0.25, 0.3) is 5.91 Å². The number of aromatic nitrogens is 1. The summed E-state index contributed by atoms with van der Waals surface area (Å²) in [7, 11) is -3.72. The maximum absolute atomic E-state index is 12.5. The molecule has 0 spiro atoms. The first-order chi connectivity index (χ1) is 15.5. The Morgan fingerprint density at radius 2 is 1.79 bits per heavy atom. The third-order valence-electron chi connectivity index (χ3n) is 5.09. The van der Waals surface area contributed by atoms with Crippen LogP contribution in [0.2, 0.25) is 10.0 Å². The topological polar surface area (TPSA) is 83.8 Å². The minimum atomic E-state index is -3.72. The number of benzene rings is 2. The minimum absolute atomic E-state index is 0.301. The predicted octanol–water partition coefficient (Wildman–Crippen LogP) is 4.63. The number of halogens is 2. The van der Waals surface area contributed by atoms with Crippen LogP contribution >= 0.6 is 23.2 Å². The number of carbonyl (C=O) groups excluding carboxylic acids is 1. The maximum Gasteiger partial charge on any atom is 0.260 e. The van der Waals surface area contributed by atoms with Crippen molar-refractivity contribution >= 4 is 51.0 Å². The Balaban J connectivity index is 1.76. The number of carbonyl (C=O) groups is 1. The summed E-state index contributed by atoms with van der Waals surface area (Å²) >= 11 is 12.5. The summed E-state index contributed by atoms with van der Waals surface area (Å²) in [6.45, 7) is 5.24. The van der Waals surface area contributed by atoms with Gasteiger partial charge in [0.05, 0.1) is 28.9 Å². The van der Waals surface area contributed by atoms with E-state index < -0.39 is 22.5 Å². The van der Waals surface area contributed by atoms with Crippen LogP contribution in [0.5, 0.6) is 0 Å². The Bertz CT molecular complexity index is 1330. The van der Waals surface area contributed by atoms with Crippen molar-refractivity contribution in [3.63, 3.8) is 0 Å². The summed E-state index contributed by atoms with van der Waals surface area (Å²) in [4.78, 5) is 12.5. The number of hydrogen-bond donors (Lipinski definition) is 1. The fraction of sp³-hybridized carbons (Fsp3) is 0.217. The van der Waals surface area contributed by atoms with Crippen molar-refractivity contribution in [2.45, 2.75) is 20.8 Å². The second kappa shape index (κ2) is 9.99. The van der Waals surface area contributed by atoms with Crippen molar-refractivity contribution in [1.29, 1.82) is 0 Å². The SMILES string of the molecule is Cc1ccc(N(CC(=O)N/N=C\c2cc(C)n(-c3ccccc3Cl)c2C)S(C)(=O)=O)cc1Cl. The van der Waals surface area contributed by atoms with Crippen molar-refractivity contribution in [3.8, 4) is 5.69 Å². The molecule has 174 valence electrons. The van der Waals surface area contributed by atoms with Gasteiger partial charge in [0.15, 0.2) is 0 Å². The third kappa shape index (κ3) is 5.76. The van der Waals surface area contributed by atoms with E-state index >= 15 is 0 Å². The summed E-state index contributed by atoms with van der Waals surface area (Å²) in [6.07, 6.45) is 2.54. The molecule has 1 heterocycles. The molecule has 3 aromatic rings. The molecule has 0 atom stereocenters. The molecular weight excluding hydrogens is 483 g/mol. The van der Waals surface area contributed by atoms with E-state index in [-0.39, 0.29) is 0 Å². The van der Waals surface area contributed by atoms with Crippen LogP contribution in [-0.2, 0) is 14.8 Å². The Hall–Kier alpha value is -2.81. The summed E-state index contributed by atoms with van der Waals surface area (Å²) in [6, 6.07) is 14.2. The van der Waals surface area contributed by atoms with E-state index in [0.717, 1.165) is 38.8 Å². The standard InChI is InChI=1S/C23H24Cl2N4O3S/c1-15-9-10-19(12-21(15)25)28(33(4,31)32)14-23(30)27-26-13-18-11-16(2)29(17(18)3)22-8-6-5-7-20(22)24/h5-13H,14H2,1-4H3,(H,27,30)/b26-13-. The number of nitrogens with one attached hydrogen (secondary N) is 1. The molecule has 0 unspecified atom stereocenters. The monoisotopic (exact) mass is 506 g/mol. The number of amides is 1. The second-order valence-electron chi connectivity index (χ2n) is 7.61. The van der Waals surface area contributed by atoms with Gasteiger partial charge in [-0.15, -0.1) is 0 Å². The molecule has 1 aromatic heterocycles. The molecule has 7 nitrogen and oxygen atoms in total. The quantitative estimate of drug-likeness (QED) is 0.374. The first kappa shape index (κ1) is 24.8. The molecule has 0 saturated carbocycles. The van der Waals surface area contributed by atoms with Gasteiger partial charge in [0.1, 0.15) is 6.54 Å². The minimum Gasteiger partial charge on any atom is -0.316 e. The highest BCUT2D eigenvalue weighted by atomic mass is 35.5. The second-order valence-corrected chi connectivity index (χ2v) is 10.3. The molecule has 3 rings (SSSR count). The highest BCUT2D eigenvalue weighted by molar-refractivity contribution is 7.92. The molecule has 0 fully saturated rings. The van der Waals surface area contributed by atoms with E-state index in [1.165, 1.54) is 12.3 Å². The van der Waals surface area contributed by atoms with E-state index in [0.29, 0.717) is 15.7 Å². The van der Waals surface area contributed by atoms with E-state index in [1.807, 2.05) is 48.7 Å². The van der Waals surface area contributed by atoms with Crippen molar-refractivity contribution in [1.82, 2.24) is 9.99 Å². The smallest absolute Gasteiger partial charge is 0.260 e. The van der Waals surface area contributed by atoms with Gasteiger partial charge in [-0.05, 0) is 56.7 Å². The summed E-state index contributed by atoms with van der Waals surface area (Å²) in [5.74, 6) is -0.590. The lowest BCUT2D eigenvalue weighted by Crippen LogP contribution is -2.39. The molecule has 0 saturated heterocycles. The first-order valence-corrected chi connectivity index (χ1v) is 12.6. The highest BCUT2D eigenvalue weighted by Crippen LogP contribution is 2.26. The predicted molar refractivity (Wildman–Crippen MR) is 134 cm³/mol. The Kier molecular flexibility index (Phi) is 7.51. The molecule has 0 aliphatic heterocycles. The van der Waals surface area contributed by atoms with Gasteiger partial charge in [0.2, 0.25) is 10.0 Å². The van der Waals surface area contributed by atoms with Gasteiger partial charge in [-0.2, -0.15) is 5.10 Å². The first-order valence-electron chi connectivity index (χ1n) is 9.98. The van der Waals surface area contributed by atoms with Crippen LogP contribution in [0.1, 0.15) is 22.5 Å². The molecule has 0 radical (unpaired) electrons. The zero-order valence-electron chi connectivity index (χ0n) is 18.6. The Morgan fingerprint density at radius 1 is 1.09 bits per heavy atom. The maximum atomic E-state index is 12.5. The van der Waals surface area contributed by atoms with E-state index in [9.17, 15) is 13.2 Å². The van der Waals surface area contributed by atoms with Gasteiger partial charge in [0, 0.05) is 22.0 Å². The largest absolute Gasteiger partial charge is 0.316 e. The van der Waals surface area contributed by atoms with Crippen LogP contribution in [0.4, 0.5) is 5.69 Å². The normalized spacial score (nSPS) is 11.7. The summed E-state index contributed by atoms with van der Waals surface area (Å²) < 4.78 is 27.5.